The van der Waals surface area contributed by atoms with E-state index >= 15 is 0 Å². The standard InChI is InChI=1S/C16H22N2O4/c1-4-6-15-17-11-9-13(21-2)14(22-3)10-12(11)18(15)8-5-7-16(19)20/h9-10H,4-8H2,1-3H3,(H,19,20). The fraction of sp³-hybridized carbons (Fsp3) is 0.500. The van der Waals surface area contributed by atoms with Crippen molar-refractivity contribution in [1.82, 2.24) is 9.55 Å². The van der Waals surface area contributed by atoms with Crippen molar-refractivity contribution in [3.63, 3.8) is 0 Å². The first kappa shape index (κ1) is 16.1. The van der Waals surface area contributed by atoms with Gasteiger partial charge in [0.2, 0.25) is 0 Å². The molecule has 1 aromatic heterocycles. The Morgan fingerprint density at radius 1 is 1.27 bits per heavy atom. The Balaban J connectivity index is 2.44. The zero-order valence-electron chi connectivity index (χ0n) is 13.3. The van der Waals surface area contributed by atoms with Crippen LogP contribution < -0.4 is 9.47 Å². The van der Waals surface area contributed by atoms with Crippen LogP contribution in [-0.4, -0.2) is 34.8 Å². The zero-order chi connectivity index (χ0) is 16.1. The Morgan fingerprint density at radius 2 is 1.95 bits per heavy atom. The fourth-order valence-corrected chi connectivity index (χ4v) is 2.55. The van der Waals surface area contributed by atoms with Crippen LogP contribution in [0.1, 0.15) is 32.0 Å². The van der Waals surface area contributed by atoms with Crippen molar-refractivity contribution in [2.24, 2.45) is 0 Å². The first-order chi connectivity index (χ1) is 10.6. The molecule has 0 unspecified atom stereocenters. The number of aliphatic carboxylic acids is 1. The molecule has 1 heterocycles. The molecule has 6 nitrogen and oxygen atoms in total. The average molecular weight is 306 g/mol. The Kier molecular flexibility index (Phi) is 5.25. The summed E-state index contributed by atoms with van der Waals surface area (Å²) >= 11 is 0. The molecule has 22 heavy (non-hydrogen) atoms. The van der Waals surface area contributed by atoms with E-state index in [1.165, 1.54) is 0 Å². The van der Waals surface area contributed by atoms with Gasteiger partial charge < -0.3 is 19.1 Å². The molecule has 2 rings (SSSR count). The molecule has 0 saturated carbocycles. The summed E-state index contributed by atoms with van der Waals surface area (Å²) in [5, 5.41) is 8.82. The molecule has 0 aliphatic carbocycles. The van der Waals surface area contributed by atoms with Gasteiger partial charge >= 0.3 is 5.97 Å². The van der Waals surface area contributed by atoms with Crippen LogP contribution in [0.3, 0.4) is 0 Å². The van der Waals surface area contributed by atoms with E-state index in [0.717, 1.165) is 29.7 Å². The normalized spacial score (nSPS) is 10.9. The molecule has 0 aliphatic heterocycles. The van der Waals surface area contributed by atoms with E-state index in [4.69, 9.17) is 14.6 Å². The van der Waals surface area contributed by atoms with Crippen molar-refractivity contribution in [2.75, 3.05) is 14.2 Å². The number of carboxylic acids is 1. The second-order valence-corrected chi connectivity index (χ2v) is 5.12. The summed E-state index contributed by atoms with van der Waals surface area (Å²) in [6.07, 6.45) is 2.56. The number of rotatable bonds is 8. The number of imidazole rings is 1. The highest BCUT2D eigenvalue weighted by Gasteiger charge is 2.14. The highest BCUT2D eigenvalue weighted by atomic mass is 16.5. The van der Waals surface area contributed by atoms with Gasteiger partial charge in [0, 0.05) is 31.5 Å². The minimum atomic E-state index is -0.777. The Morgan fingerprint density at radius 3 is 2.55 bits per heavy atom. The highest BCUT2D eigenvalue weighted by molar-refractivity contribution is 5.80. The number of hydrogen-bond donors (Lipinski definition) is 1. The number of aryl methyl sites for hydroxylation is 2. The average Bonchev–Trinajstić information content (AvgIpc) is 2.82. The number of hydrogen-bond acceptors (Lipinski definition) is 4. The summed E-state index contributed by atoms with van der Waals surface area (Å²) in [5.74, 6) is 1.49. The number of aromatic nitrogens is 2. The Labute approximate surface area is 129 Å². The monoisotopic (exact) mass is 306 g/mol. The number of benzene rings is 1. The van der Waals surface area contributed by atoms with Crippen molar-refractivity contribution in [1.29, 1.82) is 0 Å². The van der Waals surface area contributed by atoms with Gasteiger partial charge in [-0.2, -0.15) is 0 Å². The summed E-state index contributed by atoms with van der Waals surface area (Å²) in [5.41, 5.74) is 1.79. The van der Waals surface area contributed by atoms with Gasteiger partial charge in [0.1, 0.15) is 5.82 Å². The van der Waals surface area contributed by atoms with Crippen LogP contribution in [0, 0.1) is 0 Å². The summed E-state index contributed by atoms with van der Waals surface area (Å²) in [6, 6.07) is 3.77. The van der Waals surface area contributed by atoms with Crippen molar-refractivity contribution < 1.29 is 19.4 Å². The predicted molar refractivity (Wildman–Crippen MR) is 83.7 cm³/mol. The van der Waals surface area contributed by atoms with E-state index in [1.54, 1.807) is 14.2 Å². The van der Waals surface area contributed by atoms with Crippen LogP contribution in [0.15, 0.2) is 12.1 Å². The van der Waals surface area contributed by atoms with Crippen molar-refractivity contribution >= 4 is 17.0 Å². The maximum absolute atomic E-state index is 10.7. The van der Waals surface area contributed by atoms with Crippen LogP contribution in [0.2, 0.25) is 0 Å². The van der Waals surface area contributed by atoms with E-state index in [0.29, 0.717) is 24.5 Å². The second kappa shape index (κ2) is 7.15. The lowest BCUT2D eigenvalue weighted by atomic mass is 10.2. The molecule has 0 radical (unpaired) electrons. The van der Waals surface area contributed by atoms with Gasteiger partial charge in [0.15, 0.2) is 11.5 Å². The molecule has 0 amide bonds. The number of methoxy groups -OCH3 is 2. The molecule has 0 fully saturated rings. The minimum absolute atomic E-state index is 0.151. The molecule has 0 bridgehead atoms. The molecule has 1 aromatic carbocycles. The number of nitrogens with zero attached hydrogens (tertiary/aromatic N) is 2. The SMILES string of the molecule is CCCc1nc2cc(OC)c(OC)cc2n1CCCC(=O)O. The van der Waals surface area contributed by atoms with Gasteiger partial charge in [-0.25, -0.2) is 4.98 Å². The molecule has 1 N–H and O–H groups in total. The summed E-state index contributed by atoms with van der Waals surface area (Å²) in [7, 11) is 3.20. The van der Waals surface area contributed by atoms with Crippen molar-refractivity contribution in [3.05, 3.63) is 18.0 Å². The van der Waals surface area contributed by atoms with Crippen LogP contribution in [0.4, 0.5) is 0 Å². The van der Waals surface area contributed by atoms with Gasteiger partial charge in [0.05, 0.1) is 25.3 Å². The van der Waals surface area contributed by atoms with E-state index in [9.17, 15) is 4.79 Å². The van der Waals surface area contributed by atoms with Gasteiger partial charge in [-0.15, -0.1) is 0 Å². The third-order valence-corrected chi connectivity index (χ3v) is 3.58. The molecular formula is C16H22N2O4. The summed E-state index contributed by atoms with van der Waals surface area (Å²) in [4.78, 5) is 15.4. The number of fused-ring (bicyclic) bond motifs is 1. The van der Waals surface area contributed by atoms with E-state index in [1.807, 2.05) is 12.1 Å². The molecule has 2 aromatic rings. The molecule has 0 spiro atoms. The van der Waals surface area contributed by atoms with Crippen LogP contribution in [-0.2, 0) is 17.8 Å². The third-order valence-electron chi connectivity index (χ3n) is 3.58. The molecule has 6 heteroatoms. The predicted octanol–water partition coefficient (Wildman–Crippen LogP) is 2.87. The summed E-state index contributed by atoms with van der Waals surface area (Å²) in [6.45, 7) is 2.73. The first-order valence-corrected chi connectivity index (χ1v) is 7.43. The fourth-order valence-electron chi connectivity index (χ4n) is 2.55. The third kappa shape index (κ3) is 3.32. The van der Waals surface area contributed by atoms with Gasteiger partial charge in [-0.3, -0.25) is 4.79 Å². The summed E-state index contributed by atoms with van der Waals surface area (Å²) < 4.78 is 12.8. The minimum Gasteiger partial charge on any atom is -0.493 e. The largest absolute Gasteiger partial charge is 0.493 e. The molecule has 0 aliphatic rings. The number of carboxylic acid groups (broad SMARTS) is 1. The maximum Gasteiger partial charge on any atom is 0.303 e. The quantitative estimate of drug-likeness (QED) is 0.811. The first-order valence-electron chi connectivity index (χ1n) is 7.43. The maximum atomic E-state index is 10.7. The topological polar surface area (TPSA) is 73.6 Å². The van der Waals surface area contributed by atoms with E-state index in [-0.39, 0.29) is 6.42 Å². The Hall–Kier alpha value is -2.24. The van der Waals surface area contributed by atoms with Gasteiger partial charge in [-0.05, 0) is 12.8 Å². The van der Waals surface area contributed by atoms with Crippen molar-refractivity contribution in [3.8, 4) is 11.5 Å². The van der Waals surface area contributed by atoms with Crippen LogP contribution in [0.25, 0.3) is 11.0 Å². The van der Waals surface area contributed by atoms with Crippen LogP contribution >= 0.6 is 0 Å². The highest BCUT2D eigenvalue weighted by Crippen LogP contribution is 2.32. The molecule has 0 atom stereocenters. The van der Waals surface area contributed by atoms with Crippen LogP contribution in [0.5, 0.6) is 11.5 Å². The number of carbonyl (C=O) groups is 1. The lowest BCUT2D eigenvalue weighted by molar-refractivity contribution is -0.137. The number of ether oxygens (including phenoxy) is 2. The molecule has 0 saturated heterocycles. The van der Waals surface area contributed by atoms with Gasteiger partial charge in [-0.1, -0.05) is 6.92 Å². The lowest BCUT2D eigenvalue weighted by Gasteiger charge is -2.10. The van der Waals surface area contributed by atoms with Crippen molar-refractivity contribution in [2.45, 2.75) is 39.2 Å². The smallest absolute Gasteiger partial charge is 0.303 e. The second-order valence-electron chi connectivity index (χ2n) is 5.12. The zero-order valence-corrected chi connectivity index (χ0v) is 13.3. The van der Waals surface area contributed by atoms with E-state index in [2.05, 4.69) is 16.5 Å². The molecular weight excluding hydrogens is 284 g/mol. The van der Waals surface area contributed by atoms with E-state index < -0.39 is 5.97 Å². The Bertz CT molecular complexity index is 664. The molecule has 120 valence electrons. The lowest BCUT2D eigenvalue weighted by Crippen LogP contribution is -2.06. The van der Waals surface area contributed by atoms with Gasteiger partial charge in [0.25, 0.3) is 0 Å².